The molecule has 0 spiro atoms. The van der Waals surface area contributed by atoms with E-state index in [0.29, 0.717) is 0 Å². The summed E-state index contributed by atoms with van der Waals surface area (Å²) in [6.07, 6.45) is -2.81. The molecular formula is C18H15F3N6O2. The minimum absolute atomic E-state index is 0.0133. The minimum atomic E-state index is -3.05. The van der Waals surface area contributed by atoms with Gasteiger partial charge in [-0.2, -0.15) is 5.26 Å². The maximum Gasteiger partial charge on any atom is 0.418 e. The average Bonchev–Trinajstić information content (AvgIpc) is 2.69. The van der Waals surface area contributed by atoms with Gasteiger partial charge in [-0.3, -0.25) is 10.3 Å². The zero-order valence-electron chi connectivity index (χ0n) is 14.8. The number of nitrogens with two attached hydrogens (primary N) is 1. The average molecular weight is 404 g/mol. The van der Waals surface area contributed by atoms with Gasteiger partial charge in [0, 0.05) is 30.1 Å². The molecular weight excluding hydrogens is 389 g/mol. The van der Waals surface area contributed by atoms with Crippen LogP contribution in [0.5, 0.6) is 5.88 Å². The van der Waals surface area contributed by atoms with E-state index in [1.807, 2.05) is 6.07 Å². The van der Waals surface area contributed by atoms with Crippen LogP contribution in [0.25, 0.3) is 0 Å². The van der Waals surface area contributed by atoms with Gasteiger partial charge in [0.1, 0.15) is 17.7 Å². The number of pyridine rings is 1. The molecule has 0 saturated carbocycles. The van der Waals surface area contributed by atoms with Gasteiger partial charge in [-0.05, 0) is 24.3 Å². The lowest BCUT2D eigenvalue weighted by atomic mass is 9.88. The molecule has 0 bridgehead atoms. The van der Waals surface area contributed by atoms with E-state index in [4.69, 9.17) is 15.7 Å². The van der Waals surface area contributed by atoms with Crippen LogP contribution in [0.2, 0.25) is 0 Å². The highest BCUT2D eigenvalue weighted by molar-refractivity contribution is 5.86. The molecule has 2 heterocycles. The first-order valence-corrected chi connectivity index (χ1v) is 8.32. The van der Waals surface area contributed by atoms with E-state index in [1.165, 1.54) is 24.4 Å². The Morgan fingerprint density at radius 1 is 1.38 bits per heavy atom. The summed E-state index contributed by atoms with van der Waals surface area (Å²) in [5.74, 6) is -1.08. The molecule has 1 amide bonds. The number of nitrogens with one attached hydrogen (secondary N) is 2. The van der Waals surface area contributed by atoms with Gasteiger partial charge in [0.05, 0.1) is 12.1 Å². The van der Waals surface area contributed by atoms with Crippen LogP contribution in [0.4, 0.5) is 23.7 Å². The predicted molar refractivity (Wildman–Crippen MR) is 97.2 cm³/mol. The number of carbonyl (C=O) groups is 1. The first-order valence-electron chi connectivity index (χ1n) is 8.32. The Morgan fingerprint density at radius 2 is 2.17 bits per heavy atom. The van der Waals surface area contributed by atoms with E-state index in [-0.39, 0.29) is 36.1 Å². The van der Waals surface area contributed by atoms with Gasteiger partial charge in [-0.1, -0.05) is 0 Å². The molecule has 8 nitrogen and oxygen atoms in total. The lowest BCUT2D eigenvalue weighted by molar-refractivity contribution is 0.0491. The molecule has 1 aliphatic heterocycles. The second-order valence-electron chi connectivity index (χ2n) is 6.14. The van der Waals surface area contributed by atoms with Crippen LogP contribution in [0.3, 0.4) is 0 Å². The van der Waals surface area contributed by atoms with E-state index < -0.39 is 29.4 Å². The fourth-order valence-electron chi connectivity index (χ4n) is 2.80. The van der Waals surface area contributed by atoms with Gasteiger partial charge in [0.15, 0.2) is 5.54 Å². The maximum atomic E-state index is 14.4. The van der Waals surface area contributed by atoms with Crippen LogP contribution in [-0.2, 0) is 5.54 Å². The molecule has 0 aliphatic carbocycles. The number of hydrogen-bond donors (Lipinski definition) is 3. The lowest BCUT2D eigenvalue weighted by Gasteiger charge is -2.34. The number of amidine groups is 1. The van der Waals surface area contributed by atoms with Crippen molar-refractivity contribution in [3.63, 3.8) is 0 Å². The van der Waals surface area contributed by atoms with Crippen molar-refractivity contribution >= 4 is 17.6 Å². The molecule has 150 valence electrons. The lowest BCUT2D eigenvalue weighted by Crippen LogP contribution is -2.51. The molecule has 1 aromatic carbocycles. The van der Waals surface area contributed by atoms with Crippen molar-refractivity contribution in [1.82, 2.24) is 10.3 Å². The van der Waals surface area contributed by atoms with E-state index in [0.717, 1.165) is 12.1 Å². The van der Waals surface area contributed by atoms with Gasteiger partial charge < -0.3 is 15.8 Å². The number of benzene rings is 1. The monoisotopic (exact) mass is 404 g/mol. The zero-order chi connectivity index (χ0) is 21.0. The highest BCUT2D eigenvalue weighted by atomic mass is 19.3. The quantitative estimate of drug-likeness (QED) is 0.717. The number of amides is 1. The Hall–Kier alpha value is -3.65. The number of nitriles is 1. The summed E-state index contributed by atoms with van der Waals surface area (Å²) < 4.78 is 47.0. The summed E-state index contributed by atoms with van der Waals surface area (Å²) in [5, 5.41) is 13.7. The summed E-state index contributed by atoms with van der Waals surface area (Å²) in [7, 11) is 0. The molecule has 1 atom stereocenters. The topological polar surface area (TPSA) is 125 Å². The zero-order valence-corrected chi connectivity index (χ0v) is 14.8. The summed E-state index contributed by atoms with van der Waals surface area (Å²) >= 11 is 0. The Labute approximate surface area is 163 Å². The van der Waals surface area contributed by atoms with Gasteiger partial charge >= 0.3 is 6.09 Å². The number of alkyl halides is 2. The molecule has 29 heavy (non-hydrogen) atoms. The minimum Gasteiger partial charge on any atom is -0.391 e. The number of halogens is 3. The Bertz CT molecular complexity index is 990. The van der Waals surface area contributed by atoms with E-state index in [1.54, 1.807) is 0 Å². The largest absolute Gasteiger partial charge is 0.418 e. The normalized spacial score (nSPS) is 18.7. The van der Waals surface area contributed by atoms with Crippen LogP contribution in [0.1, 0.15) is 11.1 Å². The smallest absolute Gasteiger partial charge is 0.391 e. The van der Waals surface area contributed by atoms with Crippen molar-refractivity contribution in [3.05, 3.63) is 53.5 Å². The van der Waals surface area contributed by atoms with Crippen molar-refractivity contribution in [2.75, 3.05) is 18.4 Å². The number of hydrogen-bond acceptors (Lipinski definition) is 7. The van der Waals surface area contributed by atoms with Gasteiger partial charge in [-0.25, -0.2) is 22.9 Å². The second kappa shape index (κ2) is 8.15. The fraction of sp³-hybridized carbons (Fsp3) is 0.222. The standard InChI is InChI=1S/C18H15F3N6O2/c19-13-3-2-11(26-17(28)29-15-4-1-10(6-22)7-25-15)5-12(13)18(16(20)21)9-24-8-14(23)27-18/h1-5,7,16,24H,8-9H2,(H2,23,27)(H,26,28). The molecule has 2 aromatic rings. The van der Waals surface area contributed by atoms with Crippen molar-refractivity contribution in [2.45, 2.75) is 12.0 Å². The predicted octanol–water partition coefficient (Wildman–Crippen LogP) is 2.12. The summed E-state index contributed by atoms with van der Waals surface area (Å²) in [4.78, 5) is 19.6. The van der Waals surface area contributed by atoms with E-state index in [9.17, 15) is 18.0 Å². The fourth-order valence-corrected chi connectivity index (χ4v) is 2.80. The highest BCUT2D eigenvalue weighted by Crippen LogP contribution is 2.36. The third-order valence-corrected chi connectivity index (χ3v) is 4.15. The summed E-state index contributed by atoms with van der Waals surface area (Å²) in [6, 6.07) is 7.76. The van der Waals surface area contributed by atoms with Gasteiger partial charge in [0.25, 0.3) is 6.43 Å². The van der Waals surface area contributed by atoms with Crippen molar-refractivity contribution < 1.29 is 22.7 Å². The van der Waals surface area contributed by atoms with Gasteiger partial charge in [-0.15, -0.1) is 0 Å². The molecule has 0 saturated heterocycles. The molecule has 1 aromatic heterocycles. The van der Waals surface area contributed by atoms with Crippen LogP contribution < -0.4 is 21.1 Å². The van der Waals surface area contributed by atoms with Crippen molar-refractivity contribution in [2.24, 2.45) is 10.7 Å². The molecule has 4 N–H and O–H groups in total. The van der Waals surface area contributed by atoms with E-state index >= 15 is 0 Å². The number of ether oxygens (including phenoxy) is 1. The first-order chi connectivity index (χ1) is 13.8. The molecule has 3 rings (SSSR count). The molecule has 1 unspecified atom stereocenters. The van der Waals surface area contributed by atoms with Crippen LogP contribution in [0, 0.1) is 17.1 Å². The Kier molecular flexibility index (Phi) is 5.65. The molecule has 1 aliphatic rings. The SMILES string of the molecule is N#Cc1ccc(OC(=O)Nc2ccc(F)c(C3(C(F)F)CNCC(N)=N3)c2)nc1. The number of anilines is 1. The van der Waals surface area contributed by atoms with Crippen molar-refractivity contribution in [3.8, 4) is 11.9 Å². The summed E-state index contributed by atoms with van der Waals surface area (Å²) in [6.45, 7) is -0.219. The third-order valence-electron chi connectivity index (χ3n) is 4.15. The number of carbonyl (C=O) groups excluding carboxylic acids is 1. The van der Waals surface area contributed by atoms with Crippen LogP contribution >= 0.6 is 0 Å². The second-order valence-corrected chi connectivity index (χ2v) is 6.14. The highest BCUT2D eigenvalue weighted by Gasteiger charge is 2.45. The van der Waals surface area contributed by atoms with Crippen molar-refractivity contribution in [1.29, 1.82) is 5.26 Å². The first kappa shape index (κ1) is 20.1. The number of rotatable bonds is 4. The summed E-state index contributed by atoms with van der Waals surface area (Å²) in [5.41, 5.74) is 3.23. The Balaban J connectivity index is 1.84. The maximum absolute atomic E-state index is 14.4. The molecule has 11 heteroatoms. The van der Waals surface area contributed by atoms with Crippen LogP contribution in [0.15, 0.2) is 41.5 Å². The number of aliphatic imine (C=N–C) groups is 1. The molecule has 0 fully saturated rings. The van der Waals surface area contributed by atoms with Gasteiger partial charge in [0.2, 0.25) is 5.88 Å². The van der Waals surface area contributed by atoms with Crippen LogP contribution in [-0.4, -0.2) is 36.4 Å². The molecule has 0 radical (unpaired) electrons. The third kappa shape index (κ3) is 4.27. The van der Waals surface area contributed by atoms with E-state index in [2.05, 4.69) is 20.6 Å². The Morgan fingerprint density at radius 3 is 2.79 bits per heavy atom. The number of aromatic nitrogens is 1. The number of nitrogens with zero attached hydrogens (tertiary/aromatic N) is 3.